The number of nitrogens with zero attached hydrogens (tertiary/aromatic N) is 2. The second-order valence-corrected chi connectivity index (χ2v) is 4.65. The number of carbonyl (C=O) groups is 1. The highest BCUT2D eigenvalue weighted by Gasteiger charge is 2.25. The number of furan rings is 1. The van der Waals surface area contributed by atoms with Crippen LogP contribution in [0.2, 0.25) is 0 Å². The molecule has 1 aliphatic rings. The molecule has 0 bridgehead atoms. The van der Waals surface area contributed by atoms with Crippen LogP contribution in [0.5, 0.6) is 0 Å². The molecule has 1 amide bonds. The fourth-order valence-electron chi connectivity index (χ4n) is 2.27. The van der Waals surface area contributed by atoms with Gasteiger partial charge in [0, 0.05) is 13.1 Å². The first-order chi connectivity index (χ1) is 9.09. The van der Waals surface area contributed by atoms with Gasteiger partial charge >= 0.3 is 5.88 Å². The standard InChI is InChI=1S/C12H17N3O4/c1-14(9-3-2-7-13-8-6-9)12(16)10-4-5-11(19-10)15(17)18/h4-5,9,13H,2-3,6-8H2,1H3. The molecule has 0 spiro atoms. The predicted molar refractivity (Wildman–Crippen MR) is 68.0 cm³/mol. The summed E-state index contributed by atoms with van der Waals surface area (Å²) in [6.45, 7) is 1.84. The number of carbonyl (C=O) groups excluding carboxylic acids is 1. The molecular weight excluding hydrogens is 250 g/mol. The van der Waals surface area contributed by atoms with Gasteiger partial charge < -0.3 is 14.6 Å². The minimum atomic E-state index is -0.646. The third kappa shape index (κ3) is 3.11. The Bertz CT molecular complexity index is 463. The second kappa shape index (κ2) is 5.83. The Hall–Kier alpha value is -1.89. The quantitative estimate of drug-likeness (QED) is 0.660. The minimum absolute atomic E-state index is 0.0198. The fourth-order valence-corrected chi connectivity index (χ4v) is 2.27. The summed E-state index contributed by atoms with van der Waals surface area (Å²) in [5.41, 5.74) is 0. The molecule has 1 fully saturated rings. The lowest BCUT2D eigenvalue weighted by atomic mass is 10.1. The molecule has 1 aliphatic heterocycles. The Balaban J connectivity index is 2.06. The van der Waals surface area contributed by atoms with Crippen LogP contribution in [-0.2, 0) is 0 Å². The van der Waals surface area contributed by atoms with Crippen LogP contribution >= 0.6 is 0 Å². The first-order valence-corrected chi connectivity index (χ1v) is 6.31. The highest BCUT2D eigenvalue weighted by Crippen LogP contribution is 2.19. The Labute approximate surface area is 110 Å². The summed E-state index contributed by atoms with van der Waals surface area (Å²) in [4.78, 5) is 23.7. The topological polar surface area (TPSA) is 88.6 Å². The summed E-state index contributed by atoms with van der Waals surface area (Å²) >= 11 is 0. The van der Waals surface area contributed by atoms with E-state index in [2.05, 4.69) is 5.32 Å². The lowest BCUT2D eigenvalue weighted by Crippen LogP contribution is -2.37. The van der Waals surface area contributed by atoms with Gasteiger partial charge in [-0.2, -0.15) is 0 Å². The molecule has 7 nitrogen and oxygen atoms in total. The fraction of sp³-hybridized carbons (Fsp3) is 0.583. The zero-order chi connectivity index (χ0) is 13.8. The van der Waals surface area contributed by atoms with Crippen molar-refractivity contribution in [2.75, 3.05) is 20.1 Å². The zero-order valence-corrected chi connectivity index (χ0v) is 10.8. The average molecular weight is 267 g/mol. The van der Waals surface area contributed by atoms with E-state index in [-0.39, 0.29) is 17.7 Å². The van der Waals surface area contributed by atoms with Crippen molar-refractivity contribution in [2.24, 2.45) is 0 Å². The Morgan fingerprint density at radius 1 is 1.47 bits per heavy atom. The van der Waals surface area contributed by atoms with Gasteiger partial charge in [-0.15, -0.1) is 0 Å². The van der Waals surface area contributed by atoms with Gasteiger partial charge in [0.2, 0.25) is 0 Å². The number of nitrogens with one attached hydrogen (secondary N) is 1. The molecule has 0 saturated carbocycles. The van der Waals surface area contributed by atoms with E-state index in [1.54, 1.807) is 11.9 Å². The van der Waals surface area contributed by atoms with Crippen molar-refractivity contribution in [2.45, 2.75) is 25.3 Å². The van der Waals surface area contributed by atoms with Crippen LogP contribution in [0.3, 0.4) is 0 Å². The second-order valence-electron chi connectivity index (χ2n) is 4.65. The molecular formula is C12H17N3O4. The number of rotatable bonds is 3. The summed E-state index contributed by atoms with van der Waals surface area (Å²) in [6, 6.07) is 2.70. The van der Waals surface area contributed by atoms with Crippen LogP contribution in [0, 0.1) is 10.1 Å². The van der Waals surface area contributed by atoms with Crippen molar-refractivity contribution in [1.82, 2.24) is 10.2 Å². The first kappa shape index (κ1) is 13.5. The molecule has 1 unspecified atom stereocenters. The van der Waals surface area contributed by atoms with E-state index in [1.165, 1.54) is 12.1 Å². The number of nitro groups is 1. The van der Waals surface area contributed by atoms with Crippen molar-refractivity contribution in [3.63, 3.8) is 0 Å². The van der Waals surface area contributed by atoms with E-state index >= 15 is 0 Å². The van der Waals surface area contributed by atoms with E-state index in [4.69, 9.17) is 4.42 Å². The van der Waals surface area contributed by atoms with E-state index < -0.39 is 10.8 Å². The van der Waals surface area contributed by atoms with Crippen LogP contribution in [0.15, 0.2) is 16.5 Å². The van der Waals surface area contributed by atoms with Gasteiger partial charge in [0.25, 0.3) is 5.91 Å². The third-order valence-electron chi connectivity index (χ3n) is 3.40. The molecule has 1 aromatic rings. The van der Waals surface area contributed by atoms with E-state index in [0.717, 1.165) is 32.4 Å². The summed E-state index contributed by atoms with van der Waals surface area (Å²) in [5.74, 6) is -0.689. The Morgan fingerprint density at radius 2 is 2.26 bits per heavy atom. The lowest BCUT2D eigenvalue weighted by molar-refractivity contribution is -0.402. The molecule has 2 rings (SSSR count). The maximum absolute atomic E-state index is 12.2. The van der Waals surface area contributed by atoms with Gasteiger partial charge in [-0.1, -0.05) is 0 Å². The smallest absolute Gasteiger partial charge is 0.395 e. The van der Waals surface area contributed by atoms with Crippen molar-refractivity contribution in [3.8, 4) is 0 Å². The van der Waals surface area contributed by atoms with E-state index in [1.807, 2.05) is 0 Å². The number of hydrogen-bond acceptors (Lipinski definition) is 5. The molecule has 19 heavy (non-hydrogen) atoms. The van der Waals surface area contributed by atoms with Crippen molar-refractivity contribution >= 4 is 11.8 Å². The molecule has 1 aromatic heterocycles. The molecule has 1 N–H and O–H groups in total. The van der Waals surface area contributed by atoms with Crippen LogP contribution in [0.4, 0.5) is 5.88 Å². The molecule has 104 valence electrons. The molecule has 7 heteroatoms. The van der Waals surface area contributed by atoms with Crippen LogP contribution in [0.1, 0.15) is 29.8 Å². The van der Waals surface area contributed by atoms with Gasteiger partial charge in [0.1, 0.15) is 4.92 Å². The summed E-state index contributed by atoms with van der Waals surface area (Å²) < 4.78 is 4.94. The summed E-state index contributed by atoms with van der Waals surface area (Å²) in [7, 11) is 1.71. The highest BCUT2D eigenvalue weighted by molar-refractivity contribution is 5.91. The predicted octanol–water partition coefficient (Wildman–Crippen LogP) is 1.40. The van der Waals surface area contributed by atoms with Gasteiger partial charge in [0.05, 0.1) is 6.07 Å². The Kier molecular flexibility index (Phi) is 4.16. The maximum atomic E-state index is 12.2. The van der Waals surface area contributed by atoms with Gasteiger partial charge in [-0.05, 0) is 38.4 Å². The normalized spacial score (nSPS) is 19.7. The summed E-state index contributed by atoms with van der Waals surface area (Å²) in [5, 5.41) is 13.8. The van der Waals surface area contributed by atoms with Crippen molar-refractivity contribution < 1.29 is 14.1 Å². The molecule has 0 aromatic carbocycles. The van der Waals surface area contributed by atoms with E-state index in [0.29, 0.717) is 0 Å². The van der Waals surface area contributed by atoms with E-state index in [9.17, 15) is 14.9 Å². The summed E-state index contributed by atoms with van der Waals surface area (Å²) in [6.07, 6.45) is 2.82. The maximum Gasteiger partial charge on any atom is 0.433 e. The minimum Gasteiger partial charge on any atom is -0.395 e. The zero-order valence-electron chi connectivity index (χ0n) is 10.8. The van der Waals surface area contributed by atoms with Crippen LogP contribution < -0.4 is 5.32 Å². The lowest BCUT2D eigenvalue weighted by Gasteiger charge is -2.26. The van der Waals surface area contributed by atoms with Crippen molar-refractivity contribution in [1.29, 1.82) is 0 Å². The molecule has 0 radical (unpaired) electrons. The molecule has 0 aliphatic carbocycles. The van der Waals surface area contributed by atoms with Crippen LogP contribution in [0.25, 0.3) is 0 Å². The molecule has 2 heterocycles. The molecule has 1 atom stereocenters. The van der Waals surface area contributed by atoms with Crippen LogP contribution in [-0.4, -0.2) is 41.9 Å². The van der Waals surface area contributed by atoms with Crippen molar-refractivity contribution in [3.05, 3.63) is 28.0 Å². The SMILES string of the molecule is CN(C(=O)c1ccc([N+](=O)[O-])o1)C1CCCNCC1. The highest BCUT2D eigenvalue weighted by atomic mass is 16.6. The number of hydrogen-bond donors (Lipinski definition) is 1. The molecule has 1 saturated heterocycles. The van der Waals surface area contributed by atoms with Gasteiger partial charge in [-0.3, -0.25) is 14.9 Å². The monoisotopic (exact) mass is 267 g/mol. The largest absolute Gasteiger partial charge is 0.433 e. The first-order valence-electron chi connectivity index (χ1n) is 6.31. The van der Waals surface area contributed by atoms with Gasteiger partial charge in [-0.25, -0.2) is 0 Å². The third-order valence-corrected chi connectivity index (χ3v) is 3.40. The number of amides is 1. The average Bonchev–Trinajstić information content (AvgIpc) is 2.73. The van der Waals surface area contributed by atoms with Gasteiger partial charge in [0.15, 0.2) is 5.76 Å². The Morgan fingerprint density at radius 3 is 2.95 bits per heavy atom.